The number of primary amides is 1. The minimum Gasteiger partial charge on any atom is -0.378 e. The van der Waals surface area contributed by atoms with Crippen molar-refractivity contribution in [2.75, 3.05) is 25.5 Å². The molecule has 0 aliphatic carbocycles. The Kier molecular flexibility index (Phi) is 3.55. The van der Waals surface area contributed by atoms with Crippen LogP contribution >= 0.6 is 0 Å². The van der Waals surface area contributed by atoms with Crippen LogP contribution in [0, 0.1) is 0 Å². The maximum Gasteiger partial charge on any atom is 0.252 e. The van der Waals surface area contributed by atoms with Gasteiger partial charge in [0.1, 0.15) is 5.82 Å². The predicted molar refractivity (Wildman–Crippen MR) is 63.8 cm³/mol. The summed E-state index contributed by atoms with van der Waals surface area (Å²) < 4.78 is 5.33. The fourth-order valence-corrected chi connectivity index (χ4v) is 1.94. The van der Waals surface area contributed by atoms with Gasteiger partial charge in [-0.25, -0.2) is 4.98 Å². The lowest BCUT2D eigenvalue weighted by atomic mass is 10.2. The summed E-state index contributed by atoms with van der Waals surface area (Å²) in [6, 6.07) is 3.43. The molecule has 0 radical (unpaired) electrons. The lowest BCUT2D eigenvalue weighted by Gasteiger charge is -2.20. The van der Waals surface area contributed by atoms with Crippen LogP contribution in [0.15, 0.2) is 18.3 Å². The number of nitrogens with one attached hydrogen (secondary N) is 2. The normalized spacial score (nSPS) is 23.6. The van der Waals surface area contributed by atoms with Gasteiger partial charge in [0.2, 0.25) is 0 Å². The standard InChI is InChI=1S/C11H16N4O2/c1-17-9-6-13-5-8(9)15-11-7(10(12)16)3-2-4-14-11/h2-4,8-9,13H,5-6H2,1H3,(H2,12,16)(H,14,15)/t8?,9-/m0/s1. The number of pyridine rings is 1. The van der Waals surface area contributed by atoms with Crippen LogP contribution in [-0.4, -0.2) is 43.2 Å². The Morgan fingerprint density at radius 1 is 1.65 bits per heavy atom. The number of carbonyl (C=O) groups excluding carboxylic acids is 1. The number of hydrogen-bond donors (Lipinski definition) is 3. The van der Waals surface area contributed by atoms with Gasteiger partial charge in [0.25, 0.3) is 5.91 Å². The molecule has 0 aromatic carbocycles. The molecule has 6 nitrogen and oxygen atoms in total. The van der Waals surface area contributed by atoms with Gasteiger partial charge < -0.3 is 21.1 Å². The van der Waals surface area contributed by atoms with Gasteiger partial charge in [0, 0.05) is 26.4 Å². The van der Waals surface area contributed by atoms with Crippen LogP contribution in [0.4, 0.5) is 5.82 Å². The van der Waals surface area contributed by atoms with Crippen molar-refractivity contribution in [2.24, 2.45) is 5.73 Å². The Bertz CT molecular complexity index is 410. The van der Waals surface area contributed by atoms with E-state index in [-0.39, 0.29) is 12.1 Å². The topological polar surface area (TPSA) is 89.3 Å². The molecule has 0 bridgehead atoms. The van der Waals surface area contributed by atoms with E-state index in [4.69, 9.17) is 10.5 Å². The number of methoxy groups -OCH3 is 1. The van der Waals surface area contributed by atoms with Gasteiger partial charge in [0.05, 0.1) is 17.7 Å². The van der Waals surface area contributed by atoms with Crippen LogP contribution in [-0.2, 0) is 4.74 Å². The summed E-state index contributed by atoms with van der Waals surface area (Å²) in [4.78, 5) is 15.4. The highest BCUT2D eigenvalue weighted by atomic mass is 16.5. The molecule has 0 spiro atoms. The Morgan fingerprint density at radius 3 is 3.18 bits per heavy atom. The molecule has 4 N–H and O–H groups in total. The summed E-state index contributed by atoms with van der Waals surface area (Å²) >= 11 is 0. The monoisotopic (exact) mass is 236 g/mol. The average molecular weight is 236 g/mol. The number of nitrogens with zero attached hydrogens (tertiary/aromatic N) is 1. The van der Waals surface area contributed by atoms with E-state index >= 15 is 0 Å². The molecule has 92 valence electrons. The minimum absolute atomic E-state index is 0.0673. The zero-order valence-electron chi connectivity index (χ0n) is 9.64. The molecule has 1 aliphatic heterocycles. The van der Waals surface area contributed by atoms with Gasteiger partial charge in [-0.1, -0.05) is 0 Å². The second-order valence-corrected chi connectivity index (χ2v) is 3.95. The smallest absolute Gasteiger partial charge is 0.252 e. The number of anilines is 1. The first-order valence-corrected chi connectivity index (χ1v) is 5.47. The third-order valence-electron chi connectivity index (χ3n) is 2.86. The molecule has 6 heteroatoms. The first-order chi connectivity index (χ1) is 8.22. The number of carbonyl (C=O) groups is 1. The lowest BCUT2D eigenvalue weighted by Crippen LogP contribution is -2.34. The van der Waals surface area contributed by atoms with Gasteiger partial charge in [-0.2, -0.15) is 0 Å². The Morgan fingerprint density at radius 2 is 2.47 bits per heavy atom. The van der Waals surface area contributed by atoms with Crippen molar-refractivity contribution in [3.05, 3.63) is 23.9 Å². The van der Waals surface area contributed by atoms with Gasteiger partial charge in [-0.05, 0) is 12.1 Å². The maximum absolute atomic E-state index is 11.2. The summed E-state index contributed by atoms with van der Waals surface area (Å²) in [6.07, 6.45) is 1.69. The van der Waals surface area contributed by atoms with Crippen LogP contribution in [0.2, 0.25) is 0 Å². The van der Waals surface area contributed by atoms with E-state index in [9.17, 15) is 4.79 Å². The first-order valence-electron chi connectivity index (χ1n) is 5.47. The van der Waals surface area contributed by atoms with Crippen LogP contribution in [0.1, 0.15) is 10.4 Å². The number of ether oxygens (including phenoxy) is 1. The molecule has 1 aromatic heterocycles. The van der Waals surface area contributed by atoms with E-state index in [1.165, 1.54) is 0 Å². The van der Waals surface area contributed by atoms with E-state index in [1.54, 1.807) is 25.4 Å². The molecule has 2 rings (SSSR count). The molecule has 0 saturated carbocycles. The maximum atomic E-state index is 11.2. The average Bonchev–Trinajstić information content (AvgIpc) is 2.77. The van der Waals surface area contributed by atoms with Crippen molar-refractivity contribution in [1.29, 1.82) is 0 Å². The number of aromatic nitrogens is 1. The fraction of sp³-hybridized carbons (Fsp3) is 0.455. The van der Waals surface area contributed by atoms with E-state index in [1.807, 2.05) is 0 Å². The molecule has 1 amide bonds. The fourth-order valence-electron chi connectivity index (χ4n) is 1.94. The van der Waals surface area contributed by atoms with Gasteiger partial charge >= 0.3 is 0 Å². The third kappa shape index (κ3) is 2.54. The summed E-state index contributed by atoms with van der Waals surface area (Å²) in [5.41, 5.74) is 5.69. The highest BCUT2D eigenvalue weighted by molar-refractivity contribution is 5.97. The first kappa shape index (κ1) is 11.8. The molecule has 2 atom stereocenters. The molecule has 2 heterocycles. The quantitative estimate of drug-likeness (QED) is 0.660. The summed E-state index contributed by atoms with van der Waals surface area (Å²) in [7, 11) is 1.67. The number of amides is 1. The van der Waals surface area contributed by atoms with E-state index < -0.39 is 5.91 Å². The molecule has 1 aliphatic rings. The summed E-state index contributed by atoms with van der Waals surface area (Å²) in [6.45, 7) is 1.56. The molecule has 1 unspecified atom stereocenters. The number of hydrogen-bond acceptors (Lipinski definition) is 5. The van der Waals surface area contributed by atoms with E-state index in [2.05, 4.69) is 15.6 Å². The van der Waals surface area contributed by atoms with Gasteiger partial charge in [0.15, 0.2) is 0 Å². The molecule has 1 aromatic rings. The van der Waals surface area contributed by atoms with E-state index in [0.717, 1.165) is 13.1 Å². The highest BCUT2D eigenvalue weighted by Crippen LogP contribution is 2.15. The van der Waals surface area contributed by atoms with Crippen LogP contribution in [0.3, 0.4) is 0 Å². The largest absolute Gasteiger partial charge is 0.378 e. The zero-order valence-corrected chi connectivity index (χ0v) is 9.64. The summed E-state index contributed by atoms with van der Waals surface area (Å²) in [5, 5.41) is 6.40. The van der Waals surface area contributed by atoms with Crippen LogP contribution < -0.4 is 16.4 Å². The van der Waals surface area contributed by atoms with Crippen molar-refractivity contribution in [2.45, 2.75) is 12.1 Å². The van der Waals surface area contributed by atoms with Crippen molar-refractivity contribution in [3.8, 4) is 0 Å². The minimum atomic E-state index is -0.486. The van der Waals surface area contributed by atoms with Crippen molar-refractivity contribution in [1.82, 2.24) is 10.3 Å². The number of rotatable bonds is 4. The van der Waals surface area contributed by atoms with Gasteiger partial charge in [-0.15, -0.1) is 0 Å². The second kappa shape index (κ2) is 5.11. The van der Waals surface area contributed by atoms with Crippen molar-refractivity contribution >= 4 is 11.7 Å². The van der Waals surface area contributed by atoms with Crippen LogP contribution in [0.25, 0.3) is 0 Å². The molecule has 17 heavy (non-hydrogen) atoms. The van der Waals surface area contributed by atoms with Crippen molar-refractivity contribution in [3.63, 3.8) is 0 Å². The molecular weight excluding hydrogens is 220 g/mol. The molecule has 1 saturated heterocycles. The summed E-state index contributed by atoms with van der Waals surface area (Å²) in [5.74, 6) is 0.0243. The van der Waals surface area contributed by atoms with E-state index in [0.29, 0.717) is 11.4 Å². The number of nitrogens with two attached hydrogens (primary N) is 1. The zero-order chi connectivity index (χ0) is 12.3. The second-order valence-electron chi connectivity index (χ2n) is 3.95. The SMILES string of the molecule is CO[C@H]1CNCC1Nc1ncccc1C(N)=O. The Labute approximate surface area is 99.5 Å². The van der Waals surface area contributed by atoms with Gasteiger partial charge in [-0.3, -0.25) is 4.79 Å². The lowest BCUT2D eigenvalue weighted by molar-refractivity contribution is 0.0999. The predicted octanol–water partition coefficient (Wildman–Crippen LogP) is -0.421. The Balaban J connectivity index is 2.15. The molecular formula is C11H16N4O2. The van der Waals surface area contributed by atoms with Crippen LogP contribution in [0.5, 0.6) is 0 Å². The Hall–Kier alpha value is -1.66. The van der Waals surface area contributed by atoms with Crippen molar-refractivity contribution < 1.29 is 9.53 Å². The molecule has 1 fully saturated rings. The highest BCUT2D eigenvalue weighted by Gasteiger charge is 2.27. The third-order valence-corrected chi connectivity index (χ3v) is 2.86.